The molecule has 0 aliphatic carbocycles. The van der Waals surface area contributed by atoms with E-state index in [9.17, 15) is 19.2 Å². The lowest BCUT2D eigenvalue weighted by molar-refractivity contribution is -0.145. The van der Waals surface area contributed by atoms with Gasteiger partial charge in [-0.05, 0) is 24.3 Å². The van der Waals surface area contributed by atoms with E-state index in [0.29, 0.717) is 0 Å². The average molecular weight is 295 g/mol. The van der Waals surface area contributed by atoms with Crippen molar-refractivity contribution in [3.05, 3.63) is 29.8 Å². The Morgan fingerprint density at radius 3 is 2.10 bits per heavy atom. The molecule has 0 aromatic heterocycles. The molecule has 0 heterocycles. The molecule has 9 nitrogen and oxygen atoms in total. The maximum absolute atomic E-state index is 11.6. The lowest BCUT2D eigenvalue weighted by Crippen LogP contribution is -2.44. The summed E-state index contributed by atoms with van der Waals surface area (Å²) in [6.07, 6.45) is -0.747. The molecule has 0 bridgehead atoms. The summed E-state index contributed by atoms with van der Waals surface area (Å²) in [5.41, 5.74) is 5.59. The highest BCUT2D eigenvalue weighted by Gasteiger charge is 2.22. The molecule has 0 fully saturated rings. The van der Waals surface area contributed by atoms with Crippen LogP contribution >= 0.6 is 0 Å². The summed E-state index contributed by atoms with van der Waals surface area (Å²) in [5.74, 6) is -3.44. The summed E-state index contributed by atoms with van der Waals surface area (Å²) in [6.45, 7) is 0. The van der Waals surface area contributed by atoms with Gasteiger partial charge in [0.05, 0.1) is 6.42 Å². The normalized spacial score (nSPS) is 11.2. The van der Waals surface area contributed by atoms with Crippen LogP contribution in [0, 0.1) is 0 Å². The van der Waals surface area contributed by atoms with Crippen LogP contribution in [0.4, 0.5) is 10.5 Å². The van der Waals surface area contributed by atoms with Crippen LogP contribution in [-0.2, 0) is 9.59 Å². The van der Waals surface area contributed by atoms with Crippen molar-refractivity contribution in [1.29, 1.82) is 0 Å². The van der Waals surface area contributed by atoms with Crippen LogP contribution in [0.5, 0.6) is 0 Å². The number of carbonyl (C=O) groups is 4. The summed E-state index contributed by atoms with van der Waals surface area (Å²) >= 11 is 0. The SMILES string of the molecule is NC(=O)c1ccc(NC(=O)N[C@@H](CC(=O)O)C(=O)O)cc1. The van der Waals surface area contributed by atoms with Crippen LogP contribution < -0.4 is 16.4 Å². The summed E-state index contributed by atoms with van der Waals surface area (Å²) in [7, 11) is 0. The van der Waals surface area contributed by atoms with Crippen LogP contribution in [0.3, 0.4) is 0 Å². The minimum absolute atomic E-state index is 0.246. The van der Waals surface area contributed by atoms with Gasteiger partial charge in [-0.3, -0.25) is 9.59 Å². The van der Waals surface area contributed by atoms with Crippen LogP contribution in [-0.4, -0.2) is 40.1 Å². The Balaban J connectivity index is 2.65. The van der Waals surface area contributed by atoms with Gasteiger partial charge in [-0.25, -0.2) is 9.59 Å². The molecule has 0 radical (unpaired) electrons. The second-order valence-electron chi connectivity index (χ2n) is 4.03. The fourth-order valence-electron chi connectivity index (χ4n) is 1.42. The molecule has 1 aromatic rings. The van der Waals surface area contributed by atoms with Gasteiger partial charge in [0.25, 0.3) is 0 Å². The molecule has 112 valence electrons. The van der Waals surface area contributed by atoms with Crippen molar-refractivity contribution in [2.45, 2.75) is 12.5 Å². The summed E-state index contributed by atoms with van der Waals surface area (Å²) in [5, 5.41) is 21.6. The summed E-state index contributed by atoms with van der Waals surface area (Å²) in [4.78, 5) is 43.7. The van der Waals surface area contributed by atoms with Gasteiger partial charge in [0.1, 0.15) is 6.04 Å². The zero-order valence-electron chi connectivity index (χ0n) is 10.7. The van der Waals surface area contributed by atoms with E-state index in [-0.39, 0.29) is 11.3 Å². The number of carbonyl (C=O) groups excluding carboxylic acids is 2. The Kier molecular flexibility index (Phi) is 5.24. The van der Waals surface area contributed by atoms with Gasteiger partial charge in [-0.1, -0.05) is 0 Å². The van der Waals surface area contributed by atoms with Crippen molar-refractivity contribution >= 4 is 29.6 Å². The average Bonchev–Trinajstić information content (AvgIpc) is 2.37. The van der Waals surface area contributed by atoms with Crippen LogP contribution in [0.15, 0.2) is 24.3 Å². The van der Waals surface area contributed by atoms with Gasteiger partial charge in [0.15, 0.2) is 0 Å². The third-order valence-corrected chi connectivity index (χ3v) is 2.41. The number of nitrogens with one attached hydrogen (secondary N) is 2. The zero-order chi connectivity index (χ0) is 16.0. The molecule has 0 saturated heterocycles. The molecule has 9 heteroatoms. The standard InChI is InChI=1S/C12H13N3O6/c13-10(18)6-1-3-7(4-2-6)14-12(21)15-8(11(19)20)5-9(16)17/h1-4,8H,5H2,(H2,13,18)(H,16,17)(H,19,20)(H2,14,15,21)/t8-/m0/s1. The van der Waals surface area contributed by atoms with Crippen LogP contribution in [0.1, 0.15) is 16.8 Å². The highest BCUT2D eigenvalue weighted by atomic mass is 16.4. The number of nitrogens with two attached hydrogens (primary N) is 1. The molecule has 6 N–H and O–H groups in total. The van der Waals surface area contributed by atoms with E-state index in [1.54, 1.807) is 0 Å². The van der Waals surface area contributed by atoms with Crippen molar-refractivity contribution in [2.75, 3.05) is 5.32 Å². The molecule has 0 unspecified atom stereocenters. The monoisotopic (exact) mass is 295 g/mol. The number of rotatable bonds is 6. The number of benzene rings is 1. The van der Waals surface area contributed by atoms with E-state index in [1.165, 1.54) is 24.3 Å². The summed E-state index contributed by atoms with van der Waals surface area (Å²) in [6, 6.07) is 3.12. The van der Waals surface area contributed by atoms with Gasteiger partial charge in [0.2, 0.25) is 5.91 Å². The maximum atomic E-state index is 11.6. The molecule has 0 spiro atoms. The first kappa shape index (κ1) is 16.0. The Bertz CT molecular complexity index is 569. The van der Waals surface area contributed by atoms with E-state index < -0.39 is 36.3 Å². The maximum Gasteiger partial charge on any atom is 0.326 e. The lowest BCUT2D eigenvalue weighted by Gasteiger charge is -2.13. The number of aliphatic carboxylic acids is 2. The number of carboxylic acids is 2. The molecule has 0 aliphatic rings. The Morgan fingerprint density at radius 2 is 1.67 bits per heavy atom. The largest absolute Gasteiger partial charge is 0.481 e. The second kappa shape index (κ2) is 6.89. The van der Waals surface area contributed by atoms with Crippen LogP contribution in [0.2, 0.25) is 0 Å². The van der Waals surface area contributed by atoms with Crippen molar-refractivity contribution in [3.63, 3.8) is 0 Å². The Hall–Kier alpha value is -3.10. The molecule has 1 rings (SSSR count). The van der Waals surface area contributed by atoms with Gasteiger partial charge in [-0.15, -0.1) is 0 Å². The van der Waals surface area contributed by atoms with E-state index >= 15 is 0 Å². The van der Waals surface area contributed by atoms with Gasteiger partial charge in [-0.2, -0.15) is 0 Å². The number of hydrogen-bond acceptors (Lipinski definition) is 4. The van der Waals surface area contributed by atoms with E-state index in [2.05, 4.69) is 5.32 Å². The second-order valence-corrected chi connectivity index (χ2v) is 4.03. The number of hydrogen-bond donors (Lipinski definition) is 5. The minimum Gasteiger partial charge on any atom is -0.481 e. The van der Waals surface area contributed by atoms with E-state index in [4.69, 9.17) is 15.9 Å². The fourth-order valence-corrected chi connectivity index (χ4v) is 1.42. The predicted molar refractivity (Wildman–Crippen MR) is 70.8 cm³/mol. The molecule has 1 aromatic carbocycles. The van der Waals surface area contributed by atoms with E-state index in [0.717, 1.165) is 0 Å². The highest BCUT2D eigenvalue weighted by Crippen LogP contribution is 2.09. The quantitative estimate of drug-likeness (QED) is 0.490. The predicted octanol–water partition coefficient (Wildman–Crippen LogP) is -0.165. The molecule has 0 aliphatic heterocycles. The number of carboxylic acid groups (broad SMARTS) is 2. The number of primary amides is 1. The fraction of sp³-hybridized carbons (Fsp3) is 0.167. The minimum atomic E-state index is -1.55. The smallest absolute Gasteiger partial charge is 0.326 e. The Labute approximate surface area is 118 Å². The third kappa shape index (κ3) is 5.19. The Morgan fingerprint density at radius 1 is 1.10 bits per heavy atom. The van der Waals surface area contributed by atoms with Crippen molar-refractivity contribution in [1.82, 2.24) is 5.32 Å². The molecular weight excluding hydrogens is 282 g/mol. The van der Waals surface area contributed by atoms with Crippen LogP contribution in [0.25, 0.3) is 0 Å². The number of amides is 3. The molecule has 21 heavy (non-hydrogen) atoms. The van der Waals surface area contributed by atoms with E-state index in [1.807, 2.05) is 5.32 Å². The first-order valence-electron chi connectivity index (χ1n) is 5.71. The number of urea groups is 1. The van der Waals surface area contributed by atoms with Gasteiger partial charge in [0, 0.05) is 11.3 Å². The molecule has 1 atom stereocenters. The molecule has 0 saturated carbocycles. The van der Waals surface area contributed by atoms with Crippen molar-refractivity contribution in [2.24, 2.45) is 5.73 Å². The first-order valence-corrected chi connectivity index (χ1v) is 5.71. The number of anilines is 1. The van der Waals surface area contributed by atoms with Crippen molar-refractivity contribution in [3.8, 4) is 0 Å². The summed E-state index contributed by atoms with van der Waals surface area (Å²) < 4.78 is 0. The van der Waals surface area contributed by atoms with Gasteiger partial charge < -0.3 is 26.6 Å². The first-order chi connectivity index (χ1) is 9.79. The molecule has 3 amide bonds. The topological polar surface area (TPSA) is 159 Å². The molecular formula is C12H13N3O6. The highest BCUT2D eigenvalue weighted by molar-refractivity contribution is 5.95. The third-order valence-electron chi connectivity index (χ3n) is 2.41. The van der Waals surface area contributed by atoms with Crippen molar-refractivity contribution < 1.29 is 29.4 Å². The van der Waals surface area contributed by atoms with Gasteiger partial charge >= 0.3 is 18.0 Å². The zero-order valence-corrected chi connectivity index (χ0v) is 10.7. The lowest BCUT2D eigenvalue weighted by atomic mass is 10.2.